The number of halogens is 3. The molecule has 2 N–H and O–H groups in total. The largest absolute Gasteiger partial charge is 0.573 e. The molecule has 2 aromatic rings. The fourth-order valence-electron chi connectivity index (χ4n) is 3.09. The molecule has 0 aliphatic carbocycles. The smallest absolute Gasteiger partial charge is 0.493 e. The van der Waals surface area contributed by atoms with Crippen LogP contribution in [0.25, 0.3) is 11.1 Å². The van der Waals surface area contributed by atoms with Crippen LogP contribution in [0.2, 0.25) is 0 Å². The topological polar surface area (TPSA) is 67.8 Å². The van der Waals surface area contributed by atoms with Crippen LogP contribution in [0.15, 0.2) is 42.5 Å². The van der Waals surface area contributed by atoms with E-state index in [9.17, 15) is 18.0 Å². The molecule has 1 heterocycles. The van der Waals surface area contributed by atoms with Crippen molar-refractivity contribution < 1.29 is 32.5 Å². The van der Waals surface area contributed by atoms with E-state index in [1.807, 2.05) is 13.8 Å². The second-order valence-electron chi connectivity index (χ2n) is 6.98. The Kier molecular flexibility index (Phi) is 4.67. The SMILES string of the molecule is CC1(C)COc2cc(-c3ccc(OC(F)(F)F)cc3)ccc2C1NC(=O)O. The van der Waals surface area contributed by atoms with Crippen molar-refractivity contribution in [3.8, 4) is 22.6 Å². The summed E-state index contributed by atoms with van der Waals surface area (Å²) >= 11 is 0. The summed E-state index contributed by atoms with van der Waals surface area (Å²) in [5.74, 6) is 0.245. The summed E-state index contributed by atoms with van der Waals surface area (Å²) in [6.45, 7) is 4.14. The van der Waals surface area contributed by atoms with Crippen LogP contribution in [0, 0.1) is 5.41 Å². The third-order valence-corrected chi connectivity index (χ3v) is 4.39. The maximum atomic E-state index is 12.3. The van der Waals surface area contributed by atoms with Gasteiger partial charge in [0.2, 0.25) is 0 Å². The van der Waals surface area contributed by atoms with Crippen LogP contribution in [0.5, 0.6) is 11.5 Å². The normalized spacial score (nSPS) is 18.2. The van der Waals surface area contributed by atoms with Gasteiger partial charge in [-0.25, -0.2) is 4.79 Å². The van der Waals surface area contributed by atoms with Gasteiger partial charge in [-0.05, 0) is 29.3 Å². The minimum atomic E-state index is -4.74. The minimum Gasteiger partial charge on any atom is -0.493 e. The minimum absolute atomic E-state index is 0.298. The van der Waals surface area contributed by atoms with Gasteiger partial charge in [-0.15, -0.1) is 13.2 Å². The molecule has 5 nitrogen and oxygen atoms in total. The molecule has 0 spiro atoms. The zero-order valence-corrected chi connectivity index (χ0v) is 14.6. The first-order chi connectivity index (χ1) is 12.5. The highest BCUT2D eigenvalue weighted by atomic mass is 19.4. The number of amides is 1. The lowest BCUT2D eigenvalue weighted by atomic mass is 9.78. The molecule has 0 bridgehead atoms. The van der Waals surface area contributed by atoms with Crippen LogP contribution in [-0.2, 0) is 0 Å². The van der Waals surface area contributed by atoms with Gasteiger partial charge in [0.25, 0.3) is 0 Å². The lowest BCUT2D eigenvalue weighted by molar-refractivity contribution is -0.274. The molecular formula is C19H18F3NO4. The maximum absolute atomic E-state index is 12.3. The van der Waals surface area contributed by atoms with Crippen LogP contribution >= 0.6 is 0 Å². The zero-order valence-electron chi connectivity index (χ0n) is 14.6. The number of ether oxygens (including phenoxy) is 2. The van der Waals surface area contributed by atoms with Gasteiger partial charge in [0.1, 0.15) is 11.5 Å². The molecule has 1 atom stereocenters. The Morgan fingerprint density at radius 1 is 1.19 bits per heavy atom. The first kappa shape index (κ1) is 18.9. The average Bonchev–Trinajstić information content (AvgIpc) is 2.56. The number of carbonyl (C=O) groups is 1. The van der Waals surface area contributed by atoms with Gasteiger partial charge in [0.15, 0.2) is 0 Å². The molecule has 27 heavy (non-hydrogen) atoms. The highest BCUT2D eigenvalue weighted by Gasteiger charge is 2.38. The quantitative estimate of drug-likeness (QED) is 0.787. The molecule has 0 fully saturated rings. The number of carboxylic acid groups (broad SMARTS) is 1. The van der Waals surface area contributed by atoms with Gasteiger partial charge in [0.05, 0.1) is 12.6 Å². The molecule has 0 aromatic heterocycles. The van der Waals surface area contributed by atoms with Crippen LogP contribution < -0.4 is 14.8 Å². The van der Waals surface area contributed by atoms with Crippen molar-refractivity contribution in [1.82, 2.24) is 5.32 Å². The Hall–Kier alpha value is -2.90. The number of alkyl halides is 3. The van der Waals surface area contributed by atoms with Crippen molar-refractivity contribution in [3.63, 3.8) is 0 Å². The fraction of sp³-hybridized carbons (Fsp3) is 0.316. The third kappa shape index (κ3) is 4.27. The number of hydrogen-bond donors (Lipinski definition) is 2. The molecule has 1 aliphatic heterocycles. The summed E-state index contributed by atoms with van der Waals surface area (Å²) in [6.07, 6.45) is -5.86. The molecule has 1 aliphatic rings. The van der Waals surface area contributed by atoms with E-state index in [0.29, 0.717) is 17.9 Å². The van der Waals surface area contributed by atoms with Crippen LogP contribution in [0.3, 0.4) is 0 Å². The van der Waals surface area contributed by atoms with E-state index >= 15 is 0 Å². The van der Waals surface area contributed by atoms with Crippen molar-refractivity contribution in [2.24, 2.45) is 5.41 Å². The molecule has 8 heteroatoms. The van der Waals surface area contributed by atoms with E-state index in [4.69, 9.17) is 9.84 Å². The number of rotatable bonds is 3. The highest BCUT2D eigenvalue weighted by Crippen LogP contribution is 2.44. The first-order valence-electron chi connectivity index (χ1n) is 8.17. The van der Waals surface area contributed by atoms with Crippen LogP contribution in [0.4, 0.5) is 18.0 Å². The molecule has 0 saturated heterocycles. The molecule has 0 saturated carbocycles. The predicted octanol–water partition coefficient (Wildman–Crippen LogP) is 4.98. The Balaban J connectivity index is 1.89. The second-order valence-corrected chi connectivity index (χ2v) is 6.98. The summed E-state index contributed by atoms with van der Waals surface area (Å²) in [5, 5.41) is 11.6. The standard InChI is InChI=1S/C19H18F3NO4/c1-18(2)10-26-15-9-12(5-8-14(15)16(18)23-17(24)25)11-3-6-13(7-4-11)27-19(20,21)22/h3-9,16,23H,10H2,1-2H3,(H,24,25). The zero-order chi connectivity index (χ0) is 19.8. The molecule has 2 aromatic carbocycles. The molecule has 3 rings (SSSR count). The third-order valence-electron chi connectivity index (χ3n) is 4.39. The van der Waals surface area contributed by atoms with Crippen LogP contribution in [-0.4, -0.2) is 24.2 Å². The van der Waals surface area contributed by atoms with E-state index in [-0.39, 0.29) is 5.75 Å². The van der Waals surface area contributed by atoms with Crippen molar-refractivity contribution in [1.29, 1.82) is 0 Å². The number of nitrogens with one attached hydrogen (secondary N) is 1. The lowest BCUT2D eigenvalue weighted by Crippen LogP contribution is -2.43. The van der Waals surface area contributed by atoms with Gasteiger partial charge < -0.3 is 19.9 Å². The van der Waals surface area contributed by atoms with Gasteiger partial charge >= 0.3 is 12.5 Å². The molecule has 0 radical (unpaired) electrons. The molecule has 1 amide bonds. The van der Waals surface area contributed by atoms with E-state index < -0.39 is 23.9 Å². The highest BCUT2D eigenvalue weighted by molar-refractivity contribution is 5.69. The Bertz CT molecular complexity index is 847. The summed E-state index contributed by atoms with van der Waals surface area (Å²) in [7, 11) is 0. The summed E-state index contributed by atoms with van der Waals surface area (Å²) in [4.78, 5) is 11.1. The molecule has 1 unspecified atom stereocenters. The summed E-state index contributed by atoms with van der Waals surface area (Å²) < 4.78 is 46.4. The molecular weight excluding hydrogens is 363 g/mol. The number of hydrogen-bond acceptors (Lipinski definition) is 3. The second kappa shape index (κ2) is 6.68. The first-order valence-corrected chi connectivity index (χ1v) is 8.17. The monoisotopic (exact) mass is 381 g/mol. The van der Waals surface area contributed by atoms with E-state index in [1.165, 1.54) is 24.3 Å². The van der Waals surface area contributed by atoms with Crippen molar-refractivity contribution in [2.45, 2.75) is 26.3 Å². The predicted molar refractivity (Wildman–Crippen MR) is 91.7 cm³/mol. The number of benzene rings is 2. The fourth-order valence-corrected chi connectivity index (χ4v) is 3.09. The Labute approximate surface area is 153 Å². The van der Waals surface area contributed by atoms with Gasteiger partial charge in [-0.1, -0.05) is 38.1 Å². The Morgan fingerprint density at radius 3 is 2.41 bits per heavy atom. The Morgan fingerprint density at radius 2 is 1.81 bits per heavy atom. The summed E-state index contributed by atoms with van der Waals surface area (Å²) in [6, 6.07) is 10.4. The van der Waals surface area contributed by atoms with Crippen LogP contribution in [0.1, 0.15) is 25.5 Å². The maximum Gasteiger partial charge on any atom is 0.573 e. The van der Waals surface area contributed by atoms with Crippen molar-refractivity contribution >= 4 is 6.09 Å². The number of fused-ring (bicyclic) bond motifs is 1. The summed E-state index contributed by atoms with van der Waals surface area (Å²) in [5.41, 5.74) is 1.71. The van der Waals surface area contributed by atoms with Crippen molar-refractivity contribution in [2.75, 3.05) is 6.61 Å². The van der Waals surface area contributed by atoms with E-state index in [2.05, 4.69) is 10.1 Å². The van der Waals surface area contributed by atoms with Gasteiger partial charge in [0, 0.05) is 11.0 Å². The molecule has 144 valence electrons. The van der Waals surface area contributed by atoms with E-state index in [1.54, 1.807) is 18.2 Å². The lowest BCUT2D eigenvalue weighted by Gasteiger charge is -2.39. The van der Waals surface area contributed by atoms with Gasteiger partial charge in [-0.3, -0.25) is 0 Å². The van der Waals surface area contributed by atoms with E-state index in [0.717, 1.165) is 11.1 Å². The van der Waals surface area contributed by atoms with Crippen molar-refractivity contribution in [3.05, 3.63) is 48.0 Å². The average molecular weight is 381 g/mol. The van der Waals surface area contributed by atoms with Gasteiger partial charge in [-0.2, -0.15) is 0 Å².